The van der Waals surface area contributed by atoms with Gasteiger partial charge in [0.05, 0.1) is 4.90 Å². The van der Waals surface area contributed by atoms with Crippen LogP contribution in [0.4, 0.5) is 16.2 Å². The summed E-state index contributed by atoms with van der Waals surface area (Å²) in [6.45, 7) is 5.19. The molecular weight excluding hydrogens is 380 g/mol. The quantitative estimate of drug-likeness (QED) is 0.589. The highest BCUT2D eigenvalue weighted by atomic mass is 32.2. The molecule has 0 aliphatic carbocycles. The van der Waals surface area contributed by atoms with Gasteiger partial charge in [-0.2, -0.15) is 0 Å². The van der Waals surface area contributed by atoms with Gasteiger partial charge in [0.1, 0.15) is 6.04 Å². The zero-order chi connectivity index (χ0) is 20.9. The van der Waals surface area contributed by atoms with Crippen LogP contribution in [-0.4, -0.2) is 26.4 Å². The summed E-state index contributed by atoms with van der Waals surface area (Å²) in [5.41, 5.74) is 1.34. The number of rotatable bonds is 6. The van der Waals surface area contributed by atoms with Crippen LogP contribution in [0.3, 0.4) is 0 Å². The second-order valence-corrected chi connectivity index (χ2v) is 8.23. The molecule has 1 atom stereocenters. The van der Waals surface area contributed by atoms with Crippen LogP contribution in [0, 0.1) is 12.8 Å². The second-order valence-electron chi connectivity index (χ2n) is 6.70. The number of carbonyl (C=O) groups is 2. The van der Waals surface area contributed by atoms with E-state index in [1.165, 1.54) is 6.07 Å². The number of urea groups is 1. The number of hydrogen-bond acceptors (Lipinski definition) is 4. The van der Waals surface area contributed by atoms with Crippen molar-refractivity contribution in [1.29, 1.82) is 0 Å². The average molecular weight is 404 g/mol. The van der Waals surface area contributed by atoms with Gasteiger partial charge in [0.15, 0.2) is 0 Å². The van der Waals surface area contributed by atoms with Gasteiger partial charge < -0.3 is 16.0 Å². The number of amides is 3. The minimum absolute atomic E-state index is 0.0684. The molecule has 0 radical (unpaired) electrons. The number of hydrogen-bond donors (Lipinski definition) is 4. The van der Waals surface area contributed by atoms with Crippen LogP contribution < -0.4 is 21.1 Å². The molecule has 8 nitrogen and oxygen atoms in total. The smallest absolute Gasteiger partial charge is 0.319 e. The van der Waals surface area contributed by atoms with Gasteiger partial charge in [-0.05, 0) is 42.7 Å². The Morgan fingerprint density at radius 2 is 1.61 bits per heavy atom. The second kappa shape index (κ2) is 8.85. The number of aryl methyl sites for hydroxylation is 1. The summed E-state index contributed by atoms with van der Waals surface area (Å²) >= 11 is 0. The number of primary sulfonamides is 1. The fraction of sp³-hybridized carbons (Fsp3) is 0.263. The monoisotopic (exact) mass is 404 g/mol. The molecule has 0 heterocycles. The molecule has 0 aliphatic rings. The summed E-state index contributed by atoms with van der Waals surface area (Å²) in [5.74, 6) is -0.674. The fourth-order valence-corrected chi connectivity index (χ4v) is 3.38. The summed E-state index contributed by atoms with van der Waals surface area (Å²) in [5, 5.41) is 13.1. The number of nitrogens with two attached hydrogens (primary N) is 1. The lowest BCUT2D eigenvalue weighted by atomic mass is 10.0. The molecule has 0 aliphatic heterocycles. The third-order valence-electron chi connectivity index (χ3n) is 4.03. The lowest BCUT2D eigenvalue weighted by Gasteiger charge is -2.22. The SMILES string of the molecule is Cc1ccc(NC(=O)[C@H](NC(=O)Nc2ccccc2)C(C)C)cc1S(N)(=O)=O. The van der Waals surface area contributed by atoms with Crippen LogP contribution in [0.1, 0.15) is 19.4 Å². The molecule has 150 valence electrons. The molecule has 0 bridgehead atoms. The zero-order valence-electron chi connectivity index (χ0n) is 15.9. The molecule has 2 aromatic carbocycles. The Labute approximate surface area is 164 Å². The predicted octanol–water partition coefficient (Wildman–Crippen LogP) is 2.43. The normalized spacial score (nSPS) is 12.3. The predicted molar refractivity (Wildman–Crippen MR) is 108 cm³/mol. The Hall–Kier alpha value is -2.91. The van der Waals surface area contributed by atoms with E-state index in [4.69, 9.17) is 5.14 Å². The number of anilines is 2. The zero-order valence-corrected chi connectivity index (χ0v) is 16.7. The van der Waals surface area contributed by atoms with Gasteiger partial charge >= 0.3 is 6.03 Å². The van der Waals surface area contributed by atoms with Gasteiger partial charge in [-0.1, -0.05) is 38.1 Å². The molecule has 2 rings (SSSR count). The number of sulfonamides is 1. The minimum atomic E-state index is -3.91. The maximum atomic E-state index is 12.7. The molecule has 28 heavy (non-hydrogen) atoms. The largest absolute Gasteiger partial charge is 0.326 e. The van der Waals surface area contributed by atoms with E-state index in [0.29, 0.717) is 11.3 Å². The third-order valence-corrected chi connectivity index (χ3v) is 5.08. The van der Waals surface area contributed by atoms with Gasteiger partial charge in [-0.3, -0.25) is 4.79 Å². The van der Waals surface area contributed by atoms with Crippen molar-refractivity contribution in [2.24, 2.45) is 11.1 Å². The van der Waals surface area contributed by atoms with E-state index < -0.39 is 28.0 Å². The van der Waals surface area contributed by atoms with Gasteiger partial charge in [0.25, 0.3) is 0 Å². The highest BCUT2D eigenvalue weighted by Gasteiger charge is 2.25. The molecule has 0 unspecified atom stereocenters. The molecule has 9 heteroatoms. The van der Waals surface area contributed by atoms with Crippen molar-refractivity contribution >= 4 is 33.3 Å². The number of benzene rings is 2. The van der Waals surface area contributed by atoms with Crippen molar-refractivity contribution in [3.63, 3.8) is 0 Å². The fourth-order valence-electron chi connectivity index (χ4n) is 2.57. The minimum Gasteiger partial charge on any atom is -0.326 e. The molecular formula is C19H24N4O4S. The molecule has 3 amide bonds. The van der Waals surface area contributed by atoms with Crippen LogP contribution in [-0.2, 0) is 14.8 Å². The van der Waals surface area contributed by atoms with Crippen LogP contribution in [0.25, 0.3) is 0 Å². The molecule has 0 spiro atoms. The standard InChI is InChI=1S/C19H24N4O4S/c1-12(2)17(23-19(25)22-14-7-5-4-6-8-14)18(24)21-15-10-9-13(3)16(11-15)28(20,26)27/h4-12,17H,1-3H3,(H,21,24)(H2,20,26,27)(H2,22,23,25)/t17-/m1/s1. The maximum Gasteiger partial charge on any atom is 0.319 e. The van der Waals surface area contributed by atoms with E-state index in [9.17, 15) is 18.0 Å². The first kappa shape index (κ1) is 21.4. The summed E-state index contributed by atoms with van der Waals surface area (Å²) < 4.78 is 23.3. The highest BCUT2D eigenvalue weighted by Crippen LogP contribution is 2.19. The van der Waals surface area contributed by atoms with Crippen LogP contribution in [0.15, 0.2) is 53.4 Å². The lowest BCUT2D eigenvalue weighted by molar-refractivity contribution is -0.118. The van der Waals surface area contributed by atoms with Crippen LogP contribution in [0.2, 0.25) is 0 Å². The Morgan fingerprint density at radius 3 is 2.18 bits per heavy atom. The lowest BCUT2D eigenvalue weighted by Crippen LogP contribution is -2.48. The van der Waals surface area contributed by atoms with Crippen molar-refractivity contribution in [1.82, 2.24) is 5.32 Å². The van der Waals surface area contributed by atoms with Gasteiger partial charge in [-0.25, -0.2) is 18.4 Å². The van der Waals surface area contributed by atoms with Crippen molar-refractivity contribution in [3.05, 3.63) is 54.1 Å². The first-order chi connectivity index (χ1) is 13.1. The van der Waals surface area contributed by atoms with Crippen LogP contribution in [0.5, 0.6) is 0 Å². The van der Waals surface area contributed by atoms with Crippen molar-refractivity contribution in [2.75, 3.05) is 10.6 Å². The van der Waals surface area contributed by atoms with Crippen molar-refractivity contribution in [3.8, 4) is 0 Å². The van der Waals surface area contributed by atoms with Crippen molar-refractivity contribution in [2.45, 2.75) is 31.7 Å². The number of nitrogens with one attached hydrogen (secondary N) is 3. The van der Waals surface area contributed by atoms with Gasteiger partial charge in [0.2, 0.25) is 15.9 Å². The third kappa shape index (κ3) is 5.80. The summed E-state index contributed by atoms with van der Waals surface area (Å²) in [7, 11) is -3.91. The number of carbonyl (C=O) groups excluding carboxylic acids is 2. The van der Waals surface area contributed by atoms with Gasteiger partial charge in [0, 0.05) is 11.4 Å². The molecule has 0 aromatic heterocycles. The first-order valence-corrected chi connectivity index (χ1v) is 10.2. The van der Waals surface area contributed by atoms with E-state index in [1.54, 1.807) is 57.2 Å². The van der Waals surface area contributed by atoms with Crippen LogP contribution >= 0.6 is 0 Å². The highest BCUT2D eigenvalue weighted by molar-refractivity contribution is 7.89. The van der Waals surface area contributed by atoms with E-state index in [0.717, 1.165) is 0 Å². The average Bonchev–Trinajstić information content (AvgIpc) is 2.61. The maximum absolute atomic E-state index is 12.7. The van der Waals surface area contributed by atoms with E-state index in [-0.39, 0.29) is 16.5 Å². The summed E-state index contributed by atoms with van der Waals surface area (Å²) in [4.78, 5) is 24.8. The molecule has 5 N–H and O–H groups in total. The molecule has 0 saturated carbocycles. The first-order valence-electron chi connectivity index (χ1n) is 8.65. The van der Waals surface area contributed by atoms with E-state index in [1.807, 2.05) is 6.07 Å². The van der Waals surface area contributed by atoms with E-state index in [2.05, 4.69) is 16.0 Å². The summed E-state index contributed by atoms with van der Waals surface area (Å²) in [6, 6.07) is 11.9. The van der Waals surface area contributed by atoms with Crippen molar-refractivity contribution < 1.29 is 18.0 Å². The van der Waals surface area contributed by atoms with E-state index >= 15 is 0 Å². The molecule has 0 fully saturated rings. The Morgan fingerprint density at radius 1 is 0.964 bits per heavy atom. The summed E-state index contributed by atoms with van der Waals surface area (Å²) in [6.07, 6.45) is 0. The Kier molecular flexibility index (Phi) is 6.76. The Balaban J connectivity index is 2.12. The number of para-hydroxylation sites is 1. The Bertz CT molecular complexity index is 959. The topological polar surface area (TPSA) is 130 Å². The van der Waals surface area contributed by atoms with Gasteiger partial charge in [-0.15, -0.1) is 0 Å². The molecule has 0 saturated heterocycles. The molecule has 2 aromatic rings.